The van der Waals surface area contributed by atoms with Gasteiger partial charge in [0.05, 0.1) is 0 Å². The van der Waals surface area contributed by atoms with E-state index in [1.54, 1.807) is 0 Å². The molecule has 1 aliphatic rings. The Hall–Kier alpha value is -0.160. The highest BCUT2D eigenvalue weighted by Gasteiger charge is 2.19. The molecule has 1 saturated heterocycles. The molecule has 0 aromatic rings. The van der Waals surface area contributed by atoms with Gasteiger partial charge in [-0.05, 0) is 13.0 Å². The van der Waals surface area contributed by atoms with Crippen LogP contribution in [0.2, 0.25) is 0 Å². The SMILES string of the molecule is NC1CCN(CC(O)O)C1. The Morgan fingerprint density at radius 1 is 1.60 bits per heavy atom. The average Bonchev–Trinajstić information content (AvgIpc) is 2.13. The quantitative estimate of drug-likeness (QED) is 0.407. The van der Waals surface area contributed by atoms with Gasteiger partial charge in [-0.3, -0.25) is 4.90 Å². The molecule has 1 rings (SSSR count). The molecule has 4 heteroatoms. The number of hydrogen-bond donors (Lipinski definition) is 3. The van der Waals surface area contributed by atoms with Gasteiger partial charge in [-0.25, -0.2) is 0 Å². The van der Waals surface area contributed by atoms with Gasteiger partial charge in [-0.15, -0.1) is 0 Å². The monoisotopic (exact) mass is 146 g/mol. The lowest BCUT2D eigenvalue weighted by molar-refractivity contribution is -0.0578. The van der Waals surface area contributed by atoms with Crippen molar-refractivity contribution in [3.63, 3.8) is 0 Å². The zero-order valence-electron chi connectivity index (χ0n) is 5.90. The van der Waals surface area contributed by atoms with E-state index in [2.05, 4.69) is 0 Å². The lowest BCUT2D eigenvalue weighted by atomic mass is 10.3. The maximum absolute atomic E-state index is 8.57. The molecule has 1 unspecified atom stereocenters. The molecule has 1 atom stereocenters. The van der Waals surface area contributed by atoms with Crippen LogP contribution in [-0.4, -0.2) is 47.1 Å². The van der Waals surface area contributed by atoms with E-state index in [-0.39, 0.29) is 6.04 Å². The Labute approximate surface area is 60.2 Å². The van der Waals surface area contributed by atoms with E-state index >= 15 is 0 Å². The molecule has 0 aromatic heterocycles. The molecule has 0 aromatic carbocycles. The zero-order chi connectivity index (χ0) is 7.56. The van der Waals surface area contributed by atoms with Crippen LogP contribution in [0.3, 0.4) is 0 Å². The molecule has 0 bridgehead atoms. The van der Waals surface area contributed by atoms with E-state index in [1.807, 2.05) is 4.90 Å². The van der Waals surface area contributed by atoms with Crippen molar-refractivity contribution in [2.24, 2.45) is 5.73 Å². The Balaban J connectivity index is 2.18. The van der Waals surface area contributed by atoms with Crippen molar-refractivity contribution < 1.29 is 10.2 Å². The van der Waals surface area contributed by atoms with E-state index in [9.17, 15) is 0 Å². The van der Waals surface area contributed by atoms with E-state index in [4.69, 9.17) is 15.9 Å². The van der Waals surface area contributed by atoms with Gasteiger partial charge in [-0.2, -0.15) is 0 Å². The lowest BCUT2D eigenvalue weighted by Crippen LogP contribution is -2.32. The summed E-state index contributed by atoms with van der Waals surface area (Å²) in [5, 5.41) is 17.1. The minimum absolute atomic E-state index is 0.221. The van der Waals surface area contributed by atoms with E-state index in [0.29, 0.717) is 6.54 Å². The summed E-state index contributed by atoms with van der Waals surface area (Å²) < 4.78 is 0. The summed E-state index contributed by atoms with van der Waals surface area (Å²) in [5.41, 5.74) is 5.60. The largest absolute Gasteiger partial charge is 0.367 e. The normalized spacial score (nSPS) is 28.2. The third-order valence-corrected chi connectivity index (χ3v) is 1.73. The Morgan fingerprint density at radius 3 is 2.70 bits per heavy atom. The fourth-order valence-corrected chi connectivity index (χ4v) is 1.26. The number of aliphatic hydroxyl groups excluding tert-OH is 1. The minimum Gasteiger partial charge on any atom is -0.367 e. The number of nitrogens with two attached hydrogens (primary N) is 1. The highest BCUT2D eigenvalue weighted by atomic mass is 16.5. The van der Waals surface area contributed by atoms with Crippen molar-refractivity contribution in [3.8, 4) is 0 Å². The highest BCUT2D eigenvalue weighted by Crippen LogP contribution is 2.05. The van der Waals surface area contributed by atoms with Crippen LogP contribution in [0.1, 0.15) is 6.42 Å². The Kier molecular flexibility index (Phi) is 2.62. The first-order valence-electron chi connectivity index (χ1n) is 3.52. The molecule has 0 amide bonds. The second-order valence-electron chi connectivity index (χ2n) is 2.79. The standard InChI is InChI=1S/C6H14N2O2/c7-5-1-2-8(3-5)4-6(9)10/h5-6,9-10H,1-4,7H2. The van der Waals surface area contributed by atoms with Gasteiger partial charge in [0.15, 0.2) is 6.29 Å². The van der Waals surface area contributed by atoms with E-state index in [1.165, 1.54) is 0 Å². The Bertz CT molecular complexity index is 108. The molecule has 60 valence electrons. The topological polar surface area (TPSA) is 69.7 Å². The van der Waals surface area contributed by atoms with Crippen molar-refractivity contribution >= 4 is 0 Å². The first-order chi connectivity index (χ1) is 4.68. The zero-order valence-corrected chi connectivity index (χ0v) is 5.90. The highest BCUT2D eigenvalue weighted by molar-refractivity contribution is 4.77. The molecule has 0 spiro atoms. The predicted octanol–water partition coefficient (Wildman–Crippen LogP) is -1.67. The number of rotatable bonds is 2. The summed E-state index contributed by atoms with van der Waals surface area (Å²) >= 11 is 0. The van der Waals surface area contributed by atoms with Gasteiger partial charge in [0.2, 0.25) is 0 Å². The summed E-state index contributed by atoms with van der Waals surface area (Å²) in [5.74, 6) is 0. The maximum atomic E-state index is 8.57. The van der Waals surface area contributed by atoms with E-state index < -0.39 is 6.29 Å². The number of nitrogens with zero attached hydrogens (tertiary/aromatic N) is 1. The third kappa shape index (κ3) is 2.22. The molecule has 1 fully saturated rings. The number of aliphatic hydroxyl groups is 2. The predicted molar refractivity (Wildman–Crippen MR) is 37.3 cm³/mol. The number of likely N-dealkylation sites (tertiary alicyclic amines) is 1. The van der Waals surface area contributed by atoms with Crippen LogP contribution in [0.25, 0.3) is 0 Å². The van der Waals surface area contributed by atoms with Crippen LogP contribution in [0.15, 0.2) is 0 Å². The molecular formula is C6H14N2O2. The Morgan fingerprint density at radius 2 is 2.30 bits per heavy atom. The first-order valence-corrected chi connectivity index (χ1v) is 3.52. The van der Waals surface area contributed by atoms with Crippen molar-refractivity contribution in [3.05, 3.63) is 0 Å². The van der Waals surface area contributed by atoms with Crippen molar-refractivity contribution in [1.29, 1.82) is 0 Å². The van der Waals surface area contributed by atoms with E-state index in [0.717, 1.165) is 19.5 Å². The molecule has 4 N–H and O–H groups in total. The second kappa shape index (κ2) is 3.30. The smallest absolute Gasteiger partial charge is 0.164 e. The molecule has 1 aliphatic heterocycles. The number of hydrogen-bond acceptors (Lipinski definition) is 4. The summed E-state index contributed by atoms with van der Waals surface area (Å²) in [4.78, 5) is 1.95. The van der Waals surface area contributed by atoms with Crippen LogP contribution >= 0.6 is 0 Å². The van der Waals surface area contributed by atoms with Crippen molar-refractivity contribution in [2.75, 3.05) is 19.6 Å². The lowest BCUT2D eigenvalue weighted by Gasteiger charge is -2.15. The summed E-state index contributed by atoms with van der Waals surface area (Å²) in [6.07, 6.45) is -0.252. The van der Waals surface area contributed by atoms with Gasteiger partial charge in [-0.1, -0.05) is 0 Å². The fraction of sp³-hybridized carbons (Fsp3) is 1.00. The van der Waals surface area contributed by atoms with Gasteiger partial charge in [0.25, 0.3) is 0 Å². The summed E-state index contributed by atoms with van der Waals surface area (Å²) in [6.45, 7) is 2.00. The summed E-state index contributed by atoms with van der Waals surface area (Å²) in [7, 11) is 0. The van der Waals surface area contributed by atoms with Crippen LogP contribution in [-0.2, 0) is 0 Å². The maximum Gasteiger partial charge on any atom is 0.164 e. The van der Waals surface area contributed by atoms with Gasteiger partial charge in [0, 0.05) is 19.1 Å². The number of β-amino-alcohol motifs (C(OH)–C–C–N with tert-alkyl or cyclic N) is 2. The van der Waals surface area contributed by atoms with Crippen molar-refractivity contribution in [1.82, 2.24) is 4.90 Å². The van der Waals surface area contributed by atoms with Gasteiger partial charge in [0.1, 0.15) is 0 Å². The van der Waals surface area contributed by atoms with Crippen LogP contribution < -0.4 is 5.73 Å². The fourth-order valence-electron chi connectivity index (χ4n) is 1.26. The van der Waals surface area contributed by atoms with Gasteiger partial charge < -0.3 is 15.9 Å². The molecule has 1 heterocycles. The molecule has 10 heavy (non-hydrogen) atoms. The molecular weight excluding hydrogens is 132 g/mol. The molecule has 0 radical (unpaired) electrons. The van der Waals surface area contributed by atoms with Crippen LogP contribution in [0.4, 0.5) is 0 Å². The second-order valence-corrected chi connectivity index (χ2v) is 2.79. The third-order valence-electron chi connectivity index (χ3n) is 1.73. The van der Waals surface area contributed by atoms with Gasteiger partial charge >= 0.3 is 0 Å². The molecule has 4 nitrogen and oxygen atoms in total. The van der Waals surface area contributed by atoms with Crippen LogP contribution in [0.5, 0.6) is 0 Å². The minimum atomic E-state index is -1.22. The average molecular weight is 146 g/mol. The molecule has 0 saturated carbocycles. The molecule has 0 aliphatic carbocycles. The first kappa shape index (κ1) is 7.94. The summed E-state index contributed by atoms with van der Waals surface area (Å²) in [6, 6.07) is 0.221. The van der Waals surface area contributed by atoms with Crippen LogP contribution in [0, 0.1) is 0 Å². The van der Waals surface area contributed by atoms with Crippen molar-refractivity contribution in [2.45, 2.75) is 18.8 Å².